The van der Waals surface area contributed by atoms with E-state index >= 15 is 0 Å². The van der Waals surface area contributed by atoms with Gasteiger partial charge in [-0.2, -0.15) is 5.10 Å². The van der Waals surface area contributed by atoms with E-state index in [1.54, 1.807) is 28.9 Å². The third-order valence-electron chi connectivity index (χ3n) is 3.45. The SMILES string of the molecule is NC(=O)c1ccc(Cn2ncc3cc([N+](=O)[O-])cc(Cl)c32)cc1. The van der Waals surface area contributed by atoms with Gasteiger partial charge in [0.15, 0.2) is 0 Å². The number of aromatic nitrogens is 2. The van der Waals surface area contributed by atoms with E-state index in [1.807, 2.05) is 0 Å². The minimum absolute atomic E-state index is 0.0761. The van der Waals surface area contributed by atoms with Crippen LogP contribution in [0, 0.1) is 10.1 Å². The summed E-state index contributed by atoms with van der Waals surface area (Å²) in [4.78, 5) is 21.4. The van der Waals surface area contributed by atoms with E-state index in [0.717, 1.165) is 5.56 Å². The minimum atomic E-state index is -0.495. The van der Waals surface area contributed by atoms with Gasteiger partial charge >= 0.3 is 0 Å². The van der Waals surface area contributed by atoms with Crippen LogP contribution in [-0.2, 0) is 6.54 Å². The van der Waals surface area contributed by atoms with E-state index in [2.05, 4.69) is 5.10 Å². The van der Waals surface area contributed by atoms with Gasteiger partial charge in [-0.25, -0.2) is 0 Å². The Morgan fingerprint density at radius 2 is 2.00 bits per heavy atom. The highest BCUT2D eigenvalue weighted by molar-refractivity contribution is 6.35. The number of halogens is 1. The second kappa shape index (κ2) is 5.69. The molecule has 23 heavy (non-hydrogen) atoms. The Kier molecular flexibility index (Phi) is 3.71. The van der Waals surface area contributed by atoms with E-state index in [1.165, 1.54) is 18.3 Å². The molecule has 0 unspecified atom stereocenters. The van der Waals surface area contributed by atoms with Crippen molar-refractivity contribution in [3.8, 4) is 0 Å². The molecule has 7 nitrogen and oxygen atoms in total. The maximum atomic E-state index is 11.1. The molecule has 116 valence electrons. The number of nitro groups is 1. The Labute approximate surface area is 135 Å². The van der Waals surface area contributed by atoms with Crippen LogP contribution in [0.2, 0.25) is 5.02 Å². The highest BCUT2D eigenvalue weighted by Crippen LogP contribution is 2.29. The van der Waals surface area contributed by atoms with Gasteiger partial charge in [-0.1, -0.05) is 23.7 Å². The lowest BCUT2D eigenvalue weighted by Crippen LogP contribution is -2.11. The summed E-state index contributed by atoms with van der Waals surface area (Å²) < 4.78 is 1.65. The van der Waals surface area contributed by atoms with Gasteiger partial charge in [0.1, 0.15) is 0 Å². The van der Waals surface area contributed by atoms with Crippen LogP contribution in [-0.4, -0.2) is 20.6 Å². The zero-order valence-electron chi connectivity index (χ0n) is 11.8. The number of hydrogen-bond donors (Lipinski definition) is 1. The summed E-state index contributed by atoms with van der Waals surface area (Å²) in [5.41, 5.74) is 7.07. The van der Waals surface area contributed by atoms with Gasteiger partial charge in [0, 0.05) is 23.1 Å². The van der Waals surface area contributed by atoms with Crippen molar-refractivity contribution in [1.82, 2.24) is 9.78 Å². The summed E-state index contributed by atoms with van der Waals surface area (Å²) in [5.74, 6) is -0.489. The summed E-state index contributed by atoms with van der Waals surface area (Å²) in [6, 6.07) is 9.55. The third-order valence-corrected chi connectivity index (χ3v) is 3.74. The molecule has 0 aliphatic rings. The maximum Gasteiger partial charge on any atom is 0.271 e. The van der Waals surface area contributed by atoms with Gasteiger partial charge < -0.3 is 5.73 Å². The number of hydrogen-bond acceptors (Lipinski definition) is 4. The standard InChI is InChI=1S/C15H11ClN4O3/c16-13-6-12(20(22)23)5-11-7-18-19(14(11)13)8-9-1-3-10(4-2-9)15(17)21/h1-7H,8H2,(H2,17,21). The molecular formula is C15H11ClN4O3. The Balaban J connectivity index is 1.97. The molecule has 0 aliphatic heterocycles. The highest BCUT2D eigenvalue weighted by Gasteiger charge is 2.14. The zero-order chi connectivity index (χ0) is 16.6. The molecule has 0 saturated heterocycles. The number of carbonyl (C=O) groups is 1. The number of primary amides is 1. The van der Waals surface area contributed by atoms with E-state index in [0.29, 0.717) is 23.0 Å². The predicted octanol–water partition coefficient (Wildman–Crippen LogP) is 2.75. The van der Waals surface area contributed by atoms with E-state index < -0.39 is 10.8 Å². The molecule has 2 aromatic carbocycles. The molecule has 8 heteroatoms. The lowest BCUT2D eigenvalue weighted by atomic mass is 10.1. The van der Waals surface area contributed by atoms with Crippen LogP contribution in [0.15, 0.2) is 42.6 Å². The fraction of sp³-hybridized carbons (Fsp3) is 0.0667. The van der Waals surface area contributed by atoms with Crippen molar-refractivity contribution in [3.05, 3.63) is 68.9 Å². The molecule has 0 saturated carbocycles. The Bertz CT molecular complexity index is 918. The summed E-state index contributed by atoms with van der Waals surface area (Å²) in [6.45, 7) is 0.417. The fourth-order valence-corrected chi connectivity index (χ4v) is 2.66. The van der Waals surface area contributed by atoms with Crippen LogP contribution in [0.1, 0.15) is 15.9 Å². The minimum Gasteiger partial charge on any atom is -0.366 e. The first-order valence-corrected chi connectivity index (χ1v) is 7.01. The molecular weight excluding hydrogens is 320 g/mol. The van der Waals surface area contributed by atoms with Gasteiger partial charge in [-0.15, -0.1) is 0 Å². The van der Waals surface area contributed by atoms with Gasteiger partial charge in [-0.05, 0) is 17.7 Å². The van der Waals surface area contributed by atoms with E-state index in [4.69, 9.17) is 17.3 Å². The lowest BCUT2D eigenvalue weighted by Gasteiger charge is -2.06. The van der Waals surface area contributed by atoms with Crippen LogP contribution in [0.4, 0.5) is 5.69 Å². The molecule has 2 N–H and O–H groups in total. The van der Waals surface area contributed by atoms with Crippen molar-refractivity contribution in [1.29, 1.82) is 0 Å². The molecule has 3 rings (SSSR count). The summed E-state index contributed by atoms with van der Waals surface area (Å²) in [7, 11) is 0. The van der Waals surface area contributed by atoms with Crippen LogP contribution in [0.25, 0.3) is 10.9 Å². The second-order valence-corrected chi connectivity index (χ2v) is 5.39. The molecule has 0 radical (unpaired) electrons. The predicted molar refractivity (Wildman–Crippen MR) is 85.5 cm³/mol. The van der Waals surface area contributed by atoms with Crippen LogP contribution < -0.4 is 5.73 Å². The van der Waals surface area contributed by atoms with Gasteiger partial charge in [0.2, 0.25) is 5.91 Å². The first-order valence-electron chi connectivity index (χ1n) is 6.64. The van der Waals surface area contributed by atoms with Crippen LogP contribution >= 0.6 is 11.6 Å². The topological polar surface area (TPSA) is 104 Å². The largest absolute Gasteiger partial charge is 0.366 e. The zero-order valence-corrected chi connectivity index (χ0v) is 12.5. The number of nitro benzene ring substituents is 1. The van der Waals surface area contributed by atoms with Gasteiger partial charge in [0.25, 0.3) is 5.69 Å². The summed E-state index contributed by atoms with van der Waals surface area (Å²) in [5, 5.41) is 16.0. The van der Waals surface area contributed by atoms with Crippen molar-refractivity contribution in [2.75, 3.05) is 0 Å². The molecule has 1 heterocycles. The molecule has 1 aromatic heterocycles. The lowest BCUT2D eigenvalue weighted by molar-refractivity contribution is -0.384. The smallest absolute Gasteiger partial charge is 0.271 e. The second-order valence-electron chi connectivity index (χ2n) is 4.99. The summed E-state index contributed by atoms with van der Waals surface area (Å²) >= 11 is 6.16. The van der Waals surface area contributed by atoms with E-state index in [9.17, 15) is 14.9 Å². The van der Waals surface area contributed by atoms with Crippen molar-refractivity contribution in [2.24, 2.45) is 5.73 Å². The highest BCUT2D eigenvalue weighted by atomic mass is 35.5. The monoisotopic (exact) mass is 330 g/mol. The fourth-order valence-electron chi connectivity index (χ4n) is 2.34. The molecule has 0 bridgehead atoms. The Morgan fingerprint density at radius 1 is 1.30 bits per heavy atom. The van der Waals surface area contributed by atoms with E-state index in [-0.39, 0.29) is 10.7 Å². The normalized spacial score (nSPS) is 10.8. The number of nitrogens with two attached hydrogens (primary N) is 1. The summed E-state index contributed by atoms with van der Waals surface area (Å²) in [6.07, 6.45) is 1.53. The molecule has 3 aromatic rings. The molecule has 1 amide bonds. The first kappa shape index (κ1) is 15.0. The average molecular weight is 331 g/mol. The number of nitrogens with zero attached hydrogens (tertiary/aromatic N) is 3. The number of benzene rings is 2. The quantitative estimate of drug-likeness (QED) is 0.586. The molecule has 0 fully saturated rings. The Morgan fingerprint density at radius 3 is 2.61 bits per heavy atom. The van der Waals surface area contributed by atoms with Crippen molar-refractivity contribution < 1.29 is 9.72 Å². The third kappa shape index (κ3) is 2.86. The maximum absolute atomic E-state index is 11.1. The number of rotatable bonds is 4. The number of non-ortho nitro benzene ring substituents is 1. The van der Waals surface area contributed by atoms with Crippen molar-refractivity contribution in [3.63, 3.8) is 0 Å². The molecule has 0 aliphatic carbocycles. The molecule has 0 atom stereocenters. The number of amides is 1. The van der Waals surface area contributed by atoms with Gasteiger partial charge in [-0.3, -0.25) is 19.6 Å². The van der Waals surface area contributed by atoms with Crippen LogP contribution in [0.5, 0.6) is 0 Å². The molecule has 0 spiro atoms. The van der Waals surface area contributed by atoms with Crippen LogP contribution in [0.3, 0.4) is 0 Å². The average Bonchev–Trinajstić information content (AvgIpc) is 2.91. The van der Waals surface area contributed by atoms with Gasteiger partial charge in [0.05, 0.1) is 28.2 Å². The Hall–Kier alpha value is -2.93. The number of fused-ring (bicyclic) bond motifs is 1. The van der Waals surface area contributed by atoms with Crippen molar-refractivity contribution in [2.45, 2.75) is 6.54 Å². The van der Waals surface area contributed by atoms with Crippen molar-refractivity contribution >= 4 is 34.1 Å². The first-order chi connectivity index (χ1) is 11.0. The number of carbonyl (C=O) groups excluding carboxylic acids is 1.